The Morgan fingerprint density at radius 2 is 1.79 bits per heavy atom. The van der Waals surface area contributed by atoms with Crippen LogP contribution in [0.4, 0.5) is 0 Å². The second-order valence-electron chi connectivity index (χ2n) is 8.00. The number of ether oxygens (including phenoxy) is 1. The third-order valence-corrected chi connectivity index (χ3v) is 6.55. The van der Waals surface area contributed by atoms with E-state index in [0.29, 0.717) is 6.04 Å². The van der Waals surface area contributed by atoms with Crippen molar-refractivity contribution in [3.8, 4) is 11.3 Å². The SMILES string of the molecule is COC(=O)C1CCN(C2CCc3c(-c4ccccc4)[nH]c4cccc2c34)CC1.Cl. The number of likely N-dealkylation sites (tertiary alicyclic amines) is 1. The van der Waals surface area contributed by atoms with E-state index in [9.17, 15) is 4.79 Å². The smallest absolute Gasteiger partial charge is 0.308 e. The van der Waals surface area contributed by atoms with E-state index in [1.54, 1.807) is 0 Å². The minimum absolute atomic E-state index is 0. The van der Waals surface area contributed by atoms with Gasteiger partial charge in [-0.15, -0.1) is 12.4 Å². The number of esters is 1. The molecule has 1 aliphatic carbocycles. The third-order valence-electron chi connectivity index (χ3n) is 6.55. The molecule has 0 spiro atoms. The van der Waals surface area contributed by atoms with Crippen LogP contribution < -0.4 is 0 Å². The molecule has 5 rings (SSSR count). The number of carbonyl (C=O) groups is 1. The second-order valence-corrected chi connectivity index (χ2v) is 8.00. The van der Waals surface area contributed by atoms with Gasteiger partial charge >= 0.3 is 5.97 Å². The number of piperidine rings is 1. The van der Waals surface area contributed by atoms with Crippen LogP contribution in [0.5, 0.6) is 0 Å². The summed E-state index contributed by atoms with van der Waals surface area (Å²) < 4.78 is 4.95. The topological polar surface area (TPSA) is 45.3 Å². The largest absolute Gasteiger partial charge is 0.469 e. The molecular formula is C24H27ClN2O2. The fraction of sp³-hybridized carbons (Fsp3) is 0.375. The molecule has 1 atom stereocenters. The molecule has 5 heteroatoms. The zero-order valence-corrected chi connectivity index (χ0v) is 17.5. The maximum atomic E-state index is 11.9. The molecule has 29 heavy (non-hydrogen) atoms. The summed E-state index contributed by atoms with van der Waals surface area (Å²) in [7, 11) is 1.49. The highest BCUT2D eigenvalue weighted by atomic mass is 35.5. The van der Waals surface area contributed by atoms with Crippen molar-refractivity contribution < 1.29 is 9.53 Å². The molecule has 0 saturated carbocycles. The third kappa shape index (κ3) is 3.45. The summed E-state index contributed by atoms with van der Waals surface area (Å²) in [6, 6.07) is 17.7. The number of nitrogens with one attached hydrogen (secondary N) is 1. The first-order valence-electron chi connectivity index (χ1n) is 10.3. The predicted molar refractivity (Wildman–Crippen MR) is 118 cm³/mol. The quantitative estimate of drug-likeness (QED) is 0.609. The number of rotatable bonds is 3. The molecule has 0 bridgehead atoms. The van der Waals surface area contributed by atoms with Crippen LogP contribution >= 0.6 is 12.4 Å². The van der Waals surface area contributed by atoms with Gasteiger partial charge < -0.3 is 9.72 Å². The first kappa shape index (κ1) is 20.0. The molecule has 4 nitrogen and oxygen atoms in total. The molecule has 2 aromatic carbocycles. The highest BCUT2D eigenvalue weighted by Crippen LogP contribution is 2.43. The van der Waals surface area contributed by atoms with Crippen molar-refractivity contribution in [2.75, 3.05) is 20.2 Å². The van der Waals surface area contributed by atoms with Gasteiger partial charge in [-0.25, -0.2) is 0 Å². The van der Waals surface area contributed by atoms with E-state index in [4.69, 9.17) is 4.74 Å². The van der Waals surface area contributed by atoms with Gasteiger partial charge in [0.2, 0.25) is 0 Å². The Bertz CT molecular complexity index is 1010. The molecule has 152 valence electrons. The molecule has 0 amide bonds. The van der Waals surface area contributed by atoms with Crippen LogP contribution in [0.2, 0.25) is 0 Å². The molecule has 1 unspecified atom stereocenters. The lowest BCUT2D eigenvalue weighted by Gasteiger charge is -2.39. The number of nitrogens with zero attached hydrogens (tertiary/aromatic N) is 1. The summed E-state index contributed by atoms with van der Waals surface area (Å²) in [4.78, 5) is 18.1. The molecule has 1 saturated heterocycles. The van der Waals surface area contributed by atoms with Crippen molar-refractivity contribution in [1.29, 1.82) is 0 Å². The Balaban J connectivity index is 0.00000205. The molecular weight excluding hydrogens is 384 g/mol. The number of halogens is 1. The van der Waals surface area contributed by atoms with Crippen molar-refractivity contribution in [3.05, 3.63) is 59.7 Å². The van der Waals surface area contributed by atoms with Crippen LogP contribution in [-0.2, 0) is 16.0 Å². The summed E-state index contributed by atoms with van der Waals surface area (Å²) in [5.41, 5.74) is 6.66. The number of methoxy groups -OCH3 is 1. The Hall–Kier alpha value is -2.30. The zero-order valence-electron chi connectivity index (χ0n) is 16.7. The number of aryl methyl sites for hydroxylation is 1. The number of hydrogen-bond acceptors (Lipinski definition) is 3. The Kier molecular flexibility index (Phi) is 5.66. The van der Waals surface area contributed by atoms with Crippen LogP contribution in [0.3, 0.4) is 0 Å². The Morgan fingerprint density at radius 1 is 1.03 bits per heavy atom. The number of aromatic amines is 1. The second kappa shape index (κ2) is 8.21. The van der Waals surface area contributed by atoms with Crippen molar-refractivity contribution in [1.82, 2.24) is 9.88 Å². The standard InChI is InChI=1S/C24H26N2O2.ClH/c1-28-24(27)17-12-14-26(15-13-17)21-11-10-19-22-18(21)8-5-9-20(22)25-23(19)16-6-3-2-4-7-16;/h2-9,17,21,25H,10-15H2,1H3;1H. The van der Waals surface area contributed by atoms with Crippen molar-refractivity contribution in [3.63, 3.8) is 0 Å². The van der Waals surface area contributed by atoms with Gasteiger partial charge in [0, 0.05) is 22.6 Å². The van der Waals surface area contributed by atoms with Gasteiger partial charge in [-0.1, -0.05) is 42.5 Å². The van der Waals surface area contributed by atoms with Gasteiger partial charge in [0.15, 0.2) is 0 Å². The molecule has 1 aliphatic heterocycles. The first-order valence-corrected chi connectivity index (χ1v) is 10.3. The van der Waals surface area contributed by atoms with E-state index >= 15 is 0 Å². The van der Waals surface area contributed by atoms with E-state index < -0.39 is 0 Å². The van der Waals surface area contributed by atoms with Gasteiger partial charge in [0.25, 0.3) is 0 Å². The van der Waals surface area contributed by atoms with Crippen LogP contribution in [0, 0.1) is 5.92 Å². The Labute approximate surface area is 177 Å². The summed E-state index contributed by atoms with van der Waals surface area (Å²) in [5.74, 6) is 0.0129. The summed E-state index contributed by atoms with van der Waals surface area (Å²) >= 11 is 0. The zero-order chi connectivity index (χ0) is 19.1. The molecule has 1 N–H and O–H groups in total. The average molecular weight is 411 g/mol. The lowest BCUT2D eigenvalue weighted by molar-refractivity contribution is -0.147. The van der Waals surface area contributed by atoms with Crippen molar-refractivity contribution in [2.24, 2.45) is 5.92 Å². The number of aromatic nitrogens is 1. The van der Waals surface area contributed by atoms with E-state index in [-0.39, 0.29) is 24.3 Å². The fourth-order valence-electron chi connectivity index (χ4n) is 5.15. The summed E-state index contributed by atoms with van der Waals surface area (Å²) in [6.45, 7) is 1.93. The van der Waals surface area contributed by atoms with Crippen LogP contribution in [0.25, 0.3) is 22.2 Å². The van der Waals surface area contributed by atoms with Crippen molar-refractivity contribution >= 4 is 29.3 Å². The number of benzene rings is 2. The predicted octanol–water partition coefficient (Wildman–Crippen LogP) is 5.13. The van der Waals surface area contributed by atoms with E-state index in [0.717, 1.165) is 38.8 Å². The highest BCUT2D eigenvalue weighted by molar-refractivity contribution is 5.94. The molecule has 1 fully saturated rings. The minimum Gasteiger partial charge on any atom is -0.469 e. The monoisotopic (exact) mass is 410 g/mol. The Morgan fingerprint density at radius 3 is 2.52 bits per heavy atom. The highest BCUT2D eigenvalue weighted by Gasteiger charge is 2.33. The van der Waals surface area contributed by atoms with Gasteiger partial charge in [0.1, 0.15) is 0 Å². The number of H-pyrrole nitrogens is 1. The molecule has 1 aromatic heterocycles. The summed E-state index contributed by atoms with van der Waals surface area (Å²) in [6.07, 6.45) is 4.01. The maximum Gasteiger partial charge on any atom is 0.308 e. The van der Waals surface area contributed by atoms with Gasteiger partial charge in [-0.2, -0.15) is 0 Å². The van der Waals surface area contributed by atoms with E-state index in [1.165, 1.54) is 40.4 Å². The molecule has 0 radical (unpaired) electrons. The van der Waals surface area contributed by atoms with Crippen molar-refractivity contribution in [2.45, 2.75) is 31.7 Å². The lowest BCUT2D eigenvalue weighted by atomic mass is 9.84. The molecule has 2 aliphatic rings. The number of hydrogen-bond donors (Lipinski definition) is 1. The van der Waals surface area contributed by atoms with Gasteiger partial charge in [-0.05, 0) is 61.5 Å². The number of carbonyl (C=O) groups excluding carboxylic acids is 1. The van der Waals surface area contributed by atoms with E-state index in [1.807, 2.05) is 0 Å². The van der Waals surface area contributed by atoms with Gasteiger partial charge in [0.05, 0.1) is 13.0 Å². The minimum atomic E-state index is -0.0502. The van der Waals surface area contributed by atoms with Gasteiger partial charge in [-0.3, -0.25) is 9.69 Å². The van der Waals surface area contributed by atoms with Crippen LogP contribution in [0.15, 0.2) is 48.5 Å². The normalized spacial score (nSPS) is 19.7. The lowest BCUT2D eigenvalue weighted by Crippen LogP contribution is -2.39. The molecule has 2 heterocycles. The van der Waals surface area contributed by atoms with Crippen LogP contribution in [0.1, 0.15) is 36.4 Å². The van der Waals surface area contributed by atoms with E-state index in [2.05, 4.69) is 58.4 Å². The van der Waals surface area contributed by atoms with Crippen LogP contribution in [-0.4, -0.2) is 36.1 Å². The first-order chi connectivity index (χ1) is 13.8. The average Bonchev–Trinajstić information content (AvgIpc) is 3.15. The molecule has 3 aromatic rings. The summed E-state index contributed by atoms with van der Waals surface area (Å²) in [5, 5.41) is 1.41. The maximum absolute atomic E-state index is 11.9. The fourth-order valence-corrected chi connectivity index (χ4v) is 5.15.